The van der Waals surface area contributed by atoms with E-state index < -0.39 is 12.1 Å². The van der Waals surface area contributed by atoms with Gasteiger partial charge in [-0.3, -0.25) is 0 Å². The highest BCUT2D eigenvalue weighted by Crippen LogP contribution is 2.36. The Balaban J connectivity index is 3.09. The molecule has 0 bridgehead atoms. The standard InChI is InChI=1S/C7H4BrClF3NO/c8-4-1-3(9)2-5(6(4)13)14-7(10,11)12/h1-2H,13H2. The largest absolute Gasteiger partial charge is 0.573 e. The lowest BCUT2D eigenvalue weighted by atomic mass is 10.3. The van der Waals surface area contributed by atoms with Gasteiger partial charge in [0, 0.05) is 15.6 Å². The van der Waals surface area contributed by atoms with Gasteiger partial charge >= 0.3 is 6.36 Å². The van der Waals surface area contributed by atoms with Gasteiger partial charge in [-0.1, -0.05) is 11.6 Å². The van der Waals surface area contributed by atoms with E-state index in [4.69, 9.17) is 17.3 Å². The number of anilines is 1. The number of halogens is 5. The van der Waals surface area contributed by atoms with Crippen molar-refractivity contribution in [3.8, 4) is 5.75 Å². The number of benzene rings is 1. The first-order valence-electron chi connectivity index (χ1n) is 3.30. The lowest BCUT2D eigenvalue weighted by Gasteiger charge is -2.12. The van der Waals surface area contributed by atoms with Gasteiger partial charge in [0.1, 0.15) is 0 Å². The van der Waals surface area contributed by atoms with Gasteiger partial charge in [-0.05, 0) is 22.0 Å². The summed E-state index contributed by atoms with van der Waals surface area (Å²) in [6.07, 6.45) is -4.78. The molecule has 0 saturated carbocycles. The molecule has 0 aliphatic rings. The van der Waals surface area contributed by atoms with Crippen molar-refractivity contribution in [1.29, 1.82) is 0 Å². The topological polar surface area (TPSA) is 35.2 Å². The highest BCUT2D eigenvalue weighted by Gasteiger charge is 2.32. The average molecular weight is 290 g/mol. The van der Waals surface area contributed by atoms with Crippen molar-refractivity contribution >= 4 is 33.2 Å². The zero-order chi connectivity index (χ0) is 10.9. The highest BCUT2D eigenvalue weighted by molar-refractivity contribution is 9.10. The molecule has 1 aromatic carbocycles. The zero-order valence-corrected chi connectivity index (χ0v) is 8.87. The van der Waals surface area contributed by atoms with Crippen molar-refractivity contribution in [2.45, 2.75) is 6.36 Å². The lowest BCUT2D eigenvalue weighted by molar-refractivity contribution is -0.274. The van der Waals surface area contributed by atoms with E-state index in [1.54, 1.807) is 0 Å². The normalized spacial score (nSPS) is 11.5. The molecule has 0 atom stereocenters. The predicted molar refractivity (Wildman–Crippen MR) is 50.2 cm³/mol. The quantitative estimate of drug-likeness (QED) is 0.802. The molecule has 1 rings (SSSR count). The first kappa shape index (κ1) is 11.5. The van der Waals surface area contributed by atoms with Gasteiger partial charge in [0.2, 0.25) is 0 Å². The Hall–Kier alpha value is -0.620. The summed E-state index contributed by atoms with van der Waals surface area (Å²) in [6.45, 7) is 0. The summed E-state index contributed by atoms with van der Waals surface area (Å²) in [5, 5.41) is 0.102. The molecule has 0 aromatic heterocycles. The maximum absolute atomic E-state index is 11.8. The van der Waals surface area contributed by atoms with Gasteiger partial charge in [0.25, 0.3) is 0 Å². The molecule has 0 aliphatic heterocycles. The molecule has 14 heavy (non-hydrogen) atoms. The maximum atomic E-state index is 11.8. The van der Waals surface area contributed by atoms with Crippen LogP contribution >= 0.6 is 27.5 Å². The maximum Gasteiger partial charge on any atom is 0.573 e. The van der Waals surface area contributed by atoms with E-state index in [0.717, 1.165) is 6.07 Å². The Bertz CT molecular complexity index is 356. The number of rotatable bonds is 1. The van der Waals surface area contributed by atoms with E-state index in [0.29, 0.717) is 0 Å². The molecular formula is C7H4BrClF3NO. The summed E-state index contributed by atoms with van der Waals surface area (Å²) in [4.78, 5) is 0. The predicted octanol–water partition coefficient (Wildman–Crippen LogP) is 3.58. The van der Waals surface area contributed by atoms with Crippen LogP contribution in [0, 0.1) is 0 Å². The van der Waals surface area contributed by atoms with Crippen molar-refractivity contribution in [3.63, 3.8) is 0 Å². The summed E-state index contributed by atoms with van der Waals surface area (Å²) in [7, 11) is 0. The first-order valence-corrected chi connectivity index (χ1v) is 4.47. The molecule has 78 valence electrons. The molecule has 0 amide bonds. The Morgan fingerprint density at radius 3 is 2.43 bits per heavy atom. The summed E-state index contributed by atoms with van der Waals surface area (Å²) in [5.41, 5.74) is 5.18. The minimum absolute atomic E-state index is 0.102. The Morgan fingerprint density at radius 1 is 1.36 bits per heavy atom. The van der Waals surface area contributed by atoms with Crippen LogP contribution in [0.3, 0.4) is 0 Å². The molecule has 0 spiro atoms. The third kappa shape index (κ3) is 2.95. The number of hydrogen-bond acceptors (Lipinski definition) is 2. The number of nitrogens with two attached hydrogens (primary N) is 1. The van der Waals surface area contributed by atoms with Gasteiger partial charge < -0.3 is 10.5 Å². The van der Waals surface area contributed by atoms with E-state index >= 15 is 0 Å². The second-order valence-electron chi connectivity index (χ2n) is 2.35. The Labute approximate surface area is 90.9 Å². The SMILES string of the molecule is Nc1c(Br)cc(Cl)cc1OC(F)(F)F. The zero-order valence-electron chi connectivity index (χ0n) is 6.53. The number of alkyl halides is 3. The Morgan fingerprint density at radius 2 is 1.93 bits per heavy atom. The van der Waals surface area contributed by atoms with Crippen LogP contribution < -0.4 is 10.5 Å². The van der Waals surface area contributed by atoms with E-state index in [1.807, 2.05) is 0 Å². The van der Waals surface area contributed by atoms with Crippen molar-refractivity contribution in [1.82, 2.24) is 0 Å². The molecule has 0 heterocycles. The summed E-state index contributed by atoms with van der Waals surface area (Å²) in [6, 6.07) is 2.37. The summed E-state index contributed by atoms with van der Waals surface area (Å²) in [5.74, 6) is -0.517. The fourth-order valence-electron chi connectivity index (χ4n) is 0.770. The van der Waals surface area contributed by atoms with Crippen LogP contribution in [0.15, 0.2) is 16.6 Å². The van der Waals surface area contributed by atoms with E-state index in [-0.39, 0.29) is 15.2 Å². The number of nitrogen functional groups attached to an aromatic ring is 1. The lowest BCUT2D eigenvalue weighted by Crippen LogP contribution is -2.18. The monoisotopic (exact) mass is 289 g/mol. The molecule has 1 aromatic rings. The van der Waals surface area contributed by atoms with Crippen LogP contribution in [0.2, 0.25) is 5.02 Å². The van der Waals surface area contributed by atoms with Gasteiger partial charge in [-0.25, -0.2) is 0 Å². The van der Waals surface area contributed by atoms with Crippen molar-refractivity contribution < 1.29 is 17.9 Å². The molecule has 0 radical (unpaired) electrons. The van der Waals surface area contributed by atoms with E-state index in [2.05, 4.69) is 20.7 Å². The Kier molecular flexibility index (Phi) is 3.16. The van der Waals surface area contributed by atoms with E-state index in [9.17, 15) is 13.2 Å². The molecule has 7 heteroatoms. The molecule has 0 saturated heterocycles. The fraction of sp³-hybridized carbons (Fsp3) is 0.143. The summed E-state index contributed by atoms with van der Waals surface area (Å²) >= 11 is 8.47. The molecule has 2 nitrogen and oxygen atoms in total. The van der Waals surface area contributed by atoms with Crippen LogP contribution in [-0.4, -0.2) is 6.36 Å². The molecule has 0 fully saturated rings. The first-order chi connectivity index (χ1) is 6.29. The minimum atomic E-state index is -4.78. The molecular weight excluding hydrogens is 286 g/mol. The van der Waals surface area contributed by atoms with Gasteiger partial charge in [0.05, 0.1) is 5.69 Å². The third-order valence-electron chi connectivity index (χ3n) is 1.28. The highest BCUT2D eigenvalue weighted by atomic mass is 79.9. The third-order valence-corrected chi connectivity index (χ3v) is 2.16. The second-order valence-corrected chi connectivity index (χ2v) is 3.64. The molecule has 0 aliphatic carbocycles. The van der Waals surface area contributed by atoms with Crippen LogP contribution in [0.25, 0.3) is 0 Å². The van der Waals surface area contributed by atoms with Crippen LogP contribution in [0.4, 0.5) is 18.9 Å². The minimum Gasteiger partial charge on any atom is -0.403 e. The smallest absolute Gasteiger partial charge is 0.403 e. The van der Waals surface area contributed by atoms with Crippen LogP contribution in [0.5, 0.6) is 5.75 Å². The molecule has 0 unspecified atom stereocenters. The number of hydrogen-bond donors (Lipinski definition) is 1. The van der Waals surface area contributed by atoms with Crippen molar-refractivity contribution in [3.05, 3.63) is 21.6 Å². The number of ether oxygens (including phenoxy) is 1. The molecule has 2 N–H and O–H groups in total. The van der Waals surface area contributed by atoms with Gasteiger partial charge in [-0.2, -0.15) is 0 Å². The van der Waals surface area contributed by atoms with Crippen LogP contribution in [-0.2, 0) is 0 Å². The van der Waals surface area contributed by atoms with Crippen molar-refractivity contribution in [2.75, 3.05) is 5.73 Å². The van der Waals surface area contributed by atoms with E-state index in [1.165, 1.54) is 6.07 Å². The van der Waals surface area contributed by atoms with Crippen LogP contribution in [0.1, 0.15) is 0 Å². The van der Waals surface area contributed by atoms with Gasteiger partial charge in [-0.15, -0.1) is 13.2 Å². The van der Waals surface area contributed by atoms with Crippen molar-refractivity contribution in [2.24, 2.45) is 0 Å². The summed E-state index contributed by atoms with van der Waals surface area (Å²) < 4.78 is 39.5. The fourth-order valence-corrected chi connectivity index (χ4v) is 1.55. The average Bonchev–Trinajstić information content (AvgIpc) is 1.96. The van der Waals surface area contributed by atoms with Gasteiger partial charge in [0.15, 0.2) is 5.75 Å². The second kappa shape index (κ2) is 3.86.